The van der Waals surface area contributed by atoms with Gasteiger partial charge in [-0.05, 0) is 105 Å². The topological polar surface area (TPSA) is 71.1 Å². The van der Waals surface area contributed by atoms with E-state index in [2.05, 4.69) is 22.5 Å². The quantitative estimate of drug-likeness (QED) is 0.762. The average Bonchev–Trinajstić information content (AvgIpc) is 2.74. The van der Waals surface area contributed by atoms with Crippen molar-refractivity contribution in [3.05, 3.63) is 59.9 Å². The highest BCUT2D eigenvalue weighted by molar-refractivity contribution is 6.03. The molecule has 1 aromatic heterocycles. The highest BCUT2D eigenvalue weighted by Crippen LogP contribution is 2.61. The highest BCUT2D eigenvalue weighted by Gasteiger charge is 2.53. The monoisotopic (exact) mass is 403 g/mol. The second-order valence-electron chi connectivity index (χ2n) is 9.72. The molecule has 0 unspecified atom stereocenters. The number of pyridine rings is 1. The molecule has 0 spiro atoms. The predicted molar refractivity (Wildman–Crippen MR) is 116 cm³/mol. The number of anilines is 1. The largest absolute Gasteiger partial charge is 0.349 e. The van der Waals surface area contributed by atoms with E-state index in [0.717, 1.165) is 17.8 Å². The van der Waals surface area contributed by atoms with Gasteiger partial charge in [-0.1, -0.05) is 6.07 Å². The molecule has 4 aliphatic rings. The van der Waals surface area contributed by atoms with E-state index in [1.807, 2.05) is 0 Å². The molecule has 2 aromatic rings. The van der Waals surface area contributed by atoms with Gasteiger partial charge in [0.1, 0.15) is 5.69 Å². The van der Waals surface area contributed by atoms with Gasteiger partial charge < -0.3 is 10.6 Å². The molecule has 2 amide bonds. The summed E-state index contributed by atoms with van der Waals surface area (Å²) in [6.45, 7) is 2.20. The van der Waals surface area contributed by atoms with Crippen LogP contribution in [-0.2, 0) is 0 Å². The molecule has 156 valence electrons. The predicted octanol–water partition coefficient (Wildman–Crippen LogP) is 4.67. The standard InChI is InChI=1S/C25H29N3O2/c1-16(25-13-17-10-18(14-25)12-19(11-17)15-25)27-23(29)20-5-7-21(8-6-20)28-24(30)22-4-2-3-9-26-22/h2-9,16-19H,10-15H2,1H3,(H,27,29)(H,28,30)/t16-,17?,18?,19?,25?/m0/s1. The molecule has 0 saturated heterocycles. The van der Waals surface area contributed by atoms with Gasteiger partial charge in [0.15, 0.2) is 0 Å². The van der Waals surface area contributed by atoms with E-state index in [9.17, 15) is 9.59 Å². The number of rotatable bonds is 5. The van der Waals surface area contributed by atoms with Crippen LogP contribution in [0.15, 0.2) is 48.7 Å². The lowest BCUT2D eigenvalue weighted by molar-refractivity contribution is -0.0688. The van der Waals surface area contributed by atoms with Gasteiger partial charge in [0, 0.05) is 23.5 Å². The number of carbonyl (C=O) groups is 2. The normalized spacial score (nSPS) is 30.0. The third-order valence-electron chi connectivity index (χ3n) is 7.65. The fourth-order valence-electron chi connectivity index (χ4n) is 6.54. The Morgan fingerprint density at radius 2 is 1.57 bits per heavy atom. The van der Waals surface area contributed by atoms with Crippen molar-refractivity contribution >= 4 is 17.5 Å². The Morgan fingerprint density at radius 3 is 2.13 bits per heavy atom. The lowest BCUT2D eigenvalue weighted by atomic mass is 9.48. The number of nitrogens with zero attached hydrogens (tertiary/aromatic N) is 1. The van der Waals surface area contributed by atoms with Crippen LogP contribution in [0.2, 0.25) is 0 Å². The van der Waals surface area contributed by atoms with Crippen molar-refractivity contribution in [1.29, 1.82) is 0 Å². The molecule has 5 heteroatoms. The van der Waals surface area contributed by atoms with Crippen molar-refractivity contribution < 1.29 is 9.59 Å². The summed E-state index contributed by atoms with van der Waals surface area (Å²) in [5, 5.41) is 6.12. The van der Waals surface area contributed by atoms with Gasteiger partial charge in [0.2, 0.25) is 0 Å². The zero-order valence-corrected chi connectivity index (χ0v) is 17.4. The van der Waals surface area contributed by atoms with Crippen LogP contribution in [0.25, 0.3) is 0 Å². The molecular formula is C25H29N3O2. The number of hydrogen-bond acceptors (Lipinski definition) is 3. The van der Waals surface area contributed by atoms with Crippen LogP contribution in [0.3, 0.4) is 0 Å². The molecule has 0 radical (unpaired) electrons. The third-order valence-corrected chi connectivity index (χ3v) is 7.65. The first-order valence-electron chi connectivity index (χ1n) is 11.1. The zero-order valence-electron chi connectivity index (χ0n) is 17.4. The fourth-order valence-corrected chi connectivity index (χ4v) is 6.54. The number of aromatic nitrogens is 1. The first kappa shape index (κ1) is 19.3. The maximum Gasteiger partial charge on any atom is 0.274 e. The van der Waals surface area contributed by atoms with E-state index in [4.69, 9.17) is 0 Å². The van der Waals surface area contributed by atoms with Crippen LogP contribution in [0.5, 0.6) is 0 Å². The summed E-state index contributed by atoms with van der Waals surface area (Å²) in [5.74, 6) is 2.33. The Hall–Kier alpha value is -2.69. The number of benzene rings is 1. The summed E-state index contributed by atoms with van der Waals surface area (Å²) in [4.78, 5) is 29.2. The van der Waals surface area contributed by atoms with Crippen molar-refractivity contribution in [3.8, 4) is 0 Å². The lowest BCUT2D eigenvalue weighted by Gasteiger charge is -2.59. The maximum atomic E-state index is 12.9. The van der Waals surface area contributed by atoms with Crippen LogP contribution in [0.1, 0.15) is 66.3 Å². The third kappa shape index (κ3) is 3.62. The minimum Gasteiger partial charge on any atom is -0.349 e. The van der Waals surface area contributed by atoms with Crippen molar-refractivity contribution in [2.24, 2.45) is 23.2 Å². The van der Waals surface area contributed by atoms with E-state index in [1.54, 1.807) is 48.7 Å². The number of nitrogens with one attached hydrogen (secondary N) is 2. The van der Waals surface area contributed by atoms with Crippen molar-refractivity contribution in [3.63, 3.8) is 0 Å². The van der Waals surface area contributed by atoms with E-state index >= 15 is 0 Å². The van der Waals surface area contributed by atoms with Gasteiger partial charge in [-0.15, -0.1) is 0 Å². The Kier molecular flexibility index (Phi) is 4.84. The first-order chi connectivity index (χ1) is 14.5. The Balaban J connectivity index is 1.22. The van der Waals surface area contributed by atoms with E-state index in [0.29, 0.717) is 22.4 Å². The molecule has 1 heterocycles. The SMILES string of the molecule is C[C@H](NC(=O)c1ccc(NC(=O)c2ccccn2)cc1)C12CC3CC(CC(C3)C1)C2. The van der Waals surface area contributed by atoms with Crippen molar-refractivity contribution in [1.82, 2.24) is 10.3 Å². The van der Waals surface area contributed by atoms with Gasteiger partial charge in [-0.3, -0.25) is 14.6 Å². The number of hydrogen-bond donors (Lipinski definition) is 2. The summed E-state index contributed by atoms with van der Waals surface area (Å²) in [6, 6.07) is 12.5. The van der Waals surface area contributed by atoms with Gasteiger partial charge in [0.05, 0.1) is 0 Å². The van der Waals surface area contributed by atoms with Gasteiger partial charge >= 0.3 is 0 Å². The first-order valence-corrected chi connectivity index (χ1v) is 11.1. The highest BCUT2D eigenvalue weighted by atomic mass is 16.2. The Morgan fingerprint density at radius 1 is 0.933 bits per heavy atom. The molecule has 4 saturated carbocycles. The Bertz CT molecular complexity index is 903. The molecule has 4 fully saturated rings. The molecule has 1 aromatic carbocycles. The molecule has 4 aliphatic carbocycles. The average molecular weight is 404 g/mol. The lowest BCUT2D eigenvalue weighted by Crippen LogP contribution is -2.55. The molecule has 0 aliphatic heterocycles. The molecule has 6 rings (SSSR count). The van der Waals surface area contributed by atoms with Crippen molar-refractivity contribution in [2.45, 2.75) is 51.5 Å². The summed E-state index contributed by atoms with van der Waals surface area (Å²) in [6.07, 6.45) is 9.65. The van der Waals surface area contributed by atoms with E-state index in [1.165, 1.54) is 38.5 Å². The second kappa shape index (κ2) is 7.53. The van der Waals surface area contributed by atoms with Gasteiger partial charge in [0.25, 0.3) is 11.8 Å². The van der Waals surface area contributed by atoms with Crippen LogP contribution >= 0.6 is 0 Å². The van der Waals surface area contributed by atoms with E-state index < -0.39 is 0 Å². The summed E-state index contributed by atoms with van der Waals surface area (Å²) < 4.78 is 0. The minimum atomic E-state index is -0.261. The molecular weight excluding hydrogens is 374 g/mol. The molecule has 30 heavy (non-hydrogen) atoms. The van der Waals surface area contributed by atoms with Crippen LogP contribution in [-0.4, -0.2) is 22.8 Å². The summed E-state index contributed by atoms with van der Waals surface area (Å²) in [7, 11) is 0. The smallest absolute Gasteiger partial charge is 0.274 e. The number of carbonyl (C=O) groups excluding carboxylic acids is 2. The minimum absolute atomic E-state index is 0.0270. The van der Waals surface area contributed by atoms with Crippen LogP contribution < -0.4 is 10.6 Å². The Labute approximate surface area is 177 Å². The second-order valence-corrected chi connectivity index (χ2v) is 9.72. The number of amides is 2. The van der Waals surface area contributed by atoms with Crippen molar-refractivity contribution in [2.75, 3.05) is 5.32 Å². The molecule has 4 bridgehead atoms. The summed E-state index contributed by atoms with van der Waals surface area (Å²) >= 11 is 0. The fraction of sp³-hybridized carbons (Fsp3) is 0.480. The molecule has 5 nitrogen and oxygen atoms in total. The van der Waals surface area contributed by atoms with E-state index in [-0.39, 0.29) is 17.9 Å². The van der Waals surface area contributed by atoms with Gasteiger partial charge in [-0.25, -0.2) is 0 Å². The maximum absolute atomic E-state index is 12.9. The zero-order chi connectivity index (χ0) is 20.7. The molecule has 1 atom stereocenters. The van der Waals surface area contributed by atoms with Gasteiger partial charge in [-0.2, -0.15) is 0 Å². The van der Waals surface area contributed by atoms with Crippen LogP contribution in [0, 0.1) is 23.2 Å². The molecule has 2 N–H and O–H groups in total. The summed E-state index contributed by atoms with van der Waals surface area (Å²) in [5.41, 5.74) is 1.93. The van der Waals surface area contributed by atoms with Crippen LogP contribution in [0.4, 0.5) is 5.69 Å².